The Bertz CT molecular complexity index is 800. The predicted octanol–water partition coefficient (Wildman–Crippen LogP) is 2.80. The van der Waals surface area contributed by atoms with Gasteiger partial charge >= 0.3 is 0 Å². The highest BCUT2D eigenvalue weighted by Crippen LogP contribution is 2.29. The van der Waals surface area contributed by atoms with Gasteiger partial charge in [0.1, 0.15) is 0 Å². The molecule has 2 aromatic rings. The molecule has 0 amide bonds. The zero-order chi connectivity index (χ0) is 17.0. The molecule has 23 heavy (non-hydrogen) atoms. The SMILES string of the molecule is COc1ccc(S(=O)(=O)NCc2cc(C)ccc2C)cc1OC. The van der Waals surface area contributed by atoms with E-state index in [-0.39, 0.29) is 11.4 Å². The molecular formula is C17H21NO4S. The number of sulfonamides is 1. The Hall–Kier alpha value is -2.05. The third-order valence-corrected chi connectivity index (χ3v) is 5.02. The van der Waals surface area contributed by atoms with Gasteiger partial charge in [-0.25, -0.2) is 13.1 Å². The first-order chi connectivity index (χ1) is 10.9. The average molecular weight is 335 g/mol. The van der Waals surface area contributed by atoms with Gasteiger partial charge in [-0.3, -0.25) is 0 Å². The summed E-state index contributed by atoms with van der Waals surface area (Å²) in [4.78, 5) is 0.139. The van der Waals surface area contributed by atoms with Crippen LogP contribution in [0, 0.1) is 13.8 Å². The lowest BCUT2D eigenvalue weighted by Crippen LogP contribution is -2.23. The summed E-state index contributed by atoms with van der Waals surface area (Å²) in [6.45, 7) is 4.18. The number of ether oxygens (including phenoxy) is 2. The van der Waals surface area contributed by atoms with Crippen molar-refractivity contribution in [2.24, 2.45) is 0 Å². The van der Waals surface area contributed by atoms with Gasteiger partial charge in [-0.15, -0.1) is 0 Å². The van der Waals surface area contributed by atoms with Crippen molar-refractivity contribution in [3.63, 3.8) is 0 Å². The lowest BCUT2D eigenvalue weighted by molar-refractivity contribution is 0.354. The summed E-state index contributed by atoms with van der Waals surface area (Å²) in [6.07, 6.45) is 0. The van der Waals surface area contributed by atoms with E-state index in [0.717, 1.165) is 16.7 Å². The predicted molar refractivity (Wildman–Crippen MR) is 89.5 cm³/mol. The van der Waals surface area contributed by atoms with Gasteiger partial charge in [0.2, 0.25) is 10.0 Å². The third kappa shape index (κ3) is 4.03. The van der Waals surface area contributed by atoms with Crippen LogP contribution in [0.25, 0.3) is 0 Å². The van der Waals surface area contributed by atoms with Crippen LogP contribution < -0.4 is 14.2 Å². The minimum Gasteiger partial charge on any atom is -0.493 e. The monoisotopic (exact) mass is 335 g/mol. The van der Waals surface area contributed by atoms with E-state index in [1.54, 1.807) is 6.07 Å². The second-order valence-electron chi connectivity index (χ2n) is 5.27. The van der Waals surface area contributed by atoms with Crippen LogP contribution in [0.3, 0.4) is 0 Å². The maximum Gasteiger partial charge on any atom is 0.241 e. The molecule has 0 fully saturated rings. The molecule has 2 aromatic carbocycles. The Morgan fingerprint density at radius 3 is 2.30 bits per heavy atom. The average Bonchev–Trinajstić information content (AvgIpc) is 2.55. The molecule has 0 saturated heterocycles. The Balaban J connectivity index is 2.23. The summed E-state index contributed by atoms with van der Waals surface area (Å²) >= 11 is 0. The van der Waals surface area contributed by atoms with E-state index in [1.807, 2.05) is 32.0 Å². The molecule has 0 spiro atoms. The van der Waals surface area contributed by atoms with E-state index in [1.165, 1.54) is 26.4 Å². The Morgan fingerprint density at radius 2 is 1.65 bits per heavy atom. The first-order valence-corrected chi connectivity index (χ1v) is 8.63. The summed E-state index contributed by atoms with van der Waals surface area (Å²) in [6, 6.07) is 10.5. The van der Waals surface area contributed by atoms with Crippen LogP contribution in [0.2, 0.25) is 0 Å². The molecule has 0 bridgehead atoms. The van der Waals surface area contributed by atoms with Gasteiger partial charge in [0, 0.05) is 12.6 Å². The molecule has 5 nitrogen and oxygen atoms in total. The highest BCUT2D eigenvalue weighted by molar-refractivity contribution is 7.89. The van der Waals surface area contributed by atoms with Gasteiger partial charge in [-0.2, -0.15) is 0 Å². The third-order valence-electron chi connectivity index (χ3n) is 3.62. The standard InChI is InChI=1S/C17H21NO4S/c1-12-5-6-13(2)14(9-12)11-18-23(19,20)15-7-8-16(21-3)17(10-15)22-4/h5-10,18H,11H2,1-4H3. The van der Waals surface area contributed by atoms with Crippen LogP contribution in [-0.2, 0) is 16.6 Å². The van der Waals surface area contributed by atoms with Gasteiger partial charge in [0.25, 0.3) is 0 Å². The van der Waals surface area contributed by atoms with E-state index < -0.39 is 10.0 Å². The number of rotatable bonds is 6. The molecule has 0 heterocycles. The van der Waals surface area contributed by atoms with Crippen LogP contribution in [-0.4, -0.2) is 22.6 Å². The van der Waals surface area contributed by atoms with Gasteiger partial charge in [0.05, 0.1) is 19.1 Å². The van der Waals surface area contributed by atoms with E-state index in [9.17, 15) is 8.42 Å². The van der Waals surface area contributed by atoms with Crippen molar-refractivity contribution in [1.82, 2.24) is 4.72 Å². The van der Waals surface area contributed by atoms with Gasteiger partial charge < -0.3 is 9.47 Å². The molecule has 2 rings (SSSR count). The fourth-order valence-corrected chi connectivity index (χ4v) is 3.25. The molecule has 0 atom stereocenters. The quantitative estimate of drug-likeness (QED) is 0.882. The molecule has 6 heteroatoms. The molecule has 0 aliphatic carbocycles. The Morgan fingerprint density at radius 1 is 0.957 bits per heavy atom. The topological polar surface area (TPSA) is 64.6 Å². The molecule has 0 unspecified atom stereocenters. The summed E-state index contributed by atoms with van der Waals surface area (Å²) in [5.74, 6) is 0.864. The number of benzene rings is 2. The molecule has 0 aliphatic heterocycles. The second-order valence-corrected chi connectivity index (χ2v) is 7.04. The Kier molecular flexibility index (Phi) is 5.28. The van der Waals surface area contributed by atoms with Crippen molar-refractivity contribution in [1.29, 1.82) is 0 Å². The Labute approximate surface area is 137 Å². The number of hydrogen-bond acceptors (Lipinski definition) is 4. The van der Waals surface area contributed by atoms with E-state index in [0.29, 0.717) is 11.5 Å². The van der Waals surface area contributed by atoms with Crippen molar-refractivity contribution < 1.29 is 17.9 Å². The first-order valence-electron chi connectivity index (χ1n) is 7.15. The molecule has 1 N–H and O–H groups in total. The molecule has 124 valence electrons. The summed E-state index contributed by atoms with van der Waals surface area (Å²) in [5, 5.41) is 0. The van der Waals surface area contributed by atoms with Gasteiger partial charge in [-0.05, 0) is 37.1 Å². The highest BCUT2D eigenvalue weighted by atomic mass is 32.2. The van der Waals surface area contributed by atoms with E-state index in [2.05, 4.69) is 4.72 Å². The maximum atomic E-state index is 12.5. The van der Waals surface area contributed by atoms with Crippen molar-refractivity contribution in [3.05, 3.63) is 53.1 Å². The fraction of sp³-hybridized carbons (Fsp3) is 0.294. The maximum absolute atomic E-state index is 12.5. The highest BCUT2D eigenvalue weighted by Gasteiger charge is 2.17. The minimum atomic E-state index is -3.63. The van der Waals surface area contributed by atoms with E-state index in [4.69, 9.17) is 9.47 Å². The first kappa shape index (κ1) is 17.3. The van der Waals surface area contributed by atoms with Gasteiger partial charge in [-0.1, -0.05) is 23.8 Å². The summed E-state index contributed by atoms with van der Waals surface area (Å²) in [5.41, 5.74) is 3.09. The fourth-order valence-electron chi connectivity index (χ4n) is 2.23. The number of nitrogens with one attached hydrogen (secondary N) is 1. The van der Waals surface area contributed by atoms with Crippen molar-refractivity contribution in [3.8, 4) is 11.5 Å². The van der Waals surface area contributed by atoms with Crippen LogP contribution in [0.15, 0.2) is 41.3 Å². The molecular weight excluding hydrogens is 314 g/mol. The smallest absolute Gasteiger partial charge is 0.241 e. The number of hydrogen-bond donors (Lipinski definition) is 1. The second kappa shape index (κ2) is 7.02. The molecule has 0 aromatic heterocycles. The van der Waals surface area contributed by atoms with Crippen LogP contribution >= 0.6 is 0 Å². The van der Waals surface area contributed by atoms with E-state index >= 15 is 0 Å². The number of methoxy groups -OCH3 is 2. The largest absolute Gasteiger partial charge is 0.493 e. The molecule has 0 aliphatic rings. The zero-order valence-corrected chi connectivity index (χ0v) is 14.5. The summed E-state index contributed by atoms with van der Waals surface area (Å²) < 4.78 is 37.8. The number of aryl methyl sites for hydroxylation is 2. The van der Waals surface area contributed by atoms with Crippen LogP contribution in [0.5, 0.6) is 11.5 Å². The minimum absolute atomic E-state index is 0.139. The molecule has 0 radical (unpaired) electrons. The molecule has 0 saturated carbocycles. The lowest BCUT2D eigenvalue weighted by atomic mass is 10.1. The summed E-state index contributed by atoms with van der Waals surface area (Å²) in [7, 11) is -0.656. The van der Waals surface area contributed by atoms with Crippen molar-refractivity contribution in [2.45, 2.75) is 25.3 Å². The van der Waals surface area contributed by atoms with Gasteiger partial charge in [0.15, 0.2) is 11.5 Å². The zero-order valence-electron chi connectivity index (χ0n) is 13.7. The lowest BCUT2D eigenvalue weighted by Gasteiger charge is -2.12. The normalized spacial score (nSPS) is 11.3. The van der Waals surface area contributed by atoms with Crippen molar-refractivity contribution in [2.75, 3.05) is 14.2 Å². The van der Waals surface area contributed by atoms with Crippen LogP contribution in [0.4, 0.5) is 0 Å². The van der Waals surface area contributed by atoms with Crippen LogP contribution in [0.1, 0.15) is 16.7 Å². The van der Waals surface area contributed by atoms with Crippen molar-refractivity contribution >= 4 is 10.0 Å².